The van der Waals surface area contributed by atoms with Crippen LogP contribution in [0.3, 0.4) is 0 Å². The molecular weight excluding hydrogens is 444 g/mol. The van der Waals surface area contributed by atoms with Gasteiger partial charge in [0.2, 0.25) is 0 Å². The van der Waals surface area contributed by atoms with Gasteiger partial charge >= 0.3 is 0 Å². The summed E-state index contributed by atoms with van der Waals surface area (Å²) >= 11 is 3.33. The summed E-state index contributed by atoms with van der Waals surface area (Å²) in [6.07, 6.45) is 0. The molecule has 3 aromatic carbocycles. The number of amides is 1. The third kappa shape index (κ3) is 4.71. The van der Waals surface area contributed by atoms with Crippen LogP contribution in [-0.2, 0) is 10.0 Å². The summed E-state index contributed by atoms with van der Waals surface area (Å²) in [4.78, 5) is 12.4. The second kappa shape index (κ2) is 8.45. The van der Waals surface area contributed by atoms with E-state index in [1.54, 1.807) is 36.4 Å². The Labute approximate surface area is 171 Å². The molecule has 2 N–H and O–H groups in total. The Morgan fingerprint density at radius 1 is 0.929 bits per heavy atom. The standard InChI is InChI=1S/C20H17BrN2O4S/c1-27-19-5-3-2-4-18(19)23-28(25,26)17-12-6-14(7-13-17)20(24)22-16-10-8-15(21)9-11-16/h2-13,23H,1H3,(H,22,24). The van der Waals surface area contributed by atoms with E-state index in [-0.39, 0.29) is 10.8 Å². The number of rotatable bonds is 6. The number of para-hydroxylation sites is 2. The fourth-order valence-electron chi connectivity index (χ4n) is 2.45. The van der Waals surface area contributed by atoms with Crippen molar-refractivity contribution < 1.29 is 17.9 Å². The van der Waals surface area contributed by atoms with Gasteiger partial charge in [-0.1, -0.05) is 28.1 Å². The molecule has 0 unspecified atom stereocenters. The van der Waals surface area contributed by atoms with E-state index in [9.17, 15) is 13.2 Å². The van der Waals surface area contributed by atoms with E-state index in [4.69, 9.17) is 4.74 Å². The largest absolute Gasteiger partial charge is 0.495 e. The first-order valence-electron chi connectivity index (χ1n) is 8.22. The topological polar surface area (TPSA) is 84.5 Å². The molecule has 0 fully saturated rings. The summed E-state index contributed by atoms with van der Waals surface area (Å²) in [7, 11) is -2.35. The number of halogens is 1. The average Bonchev–Trinajstić information content (AvgIpc) is 2.70. The molecule has 0 aromatic heterocycles. The van der Waals surface area contributed by atoms with Gasteiger partial charge in [-0.05, 0) is 60.7 Å². The molecule has 0 saturated heterocycles. The first-order chi connectivity index (χ1) is 13.4. The van der Waals surface area contributed by atoms with Crippen LogP contribution in [0.1, 0.15) is 10.4 Å². The van der Waals surface area contributed by atoms with E-state index in [1.165, 1.54) is 31.4 Å². The molecule has 0 atom stereocenters. The number of ether oxygens (including phenoxy) is 1. The van der Waals surface area contributed by atoms with Crippen LogP contribution in [0.2, 0.25) is 0 Å². The first-order valence-corrected chi connectivity index (χ1v) is 10.5. The van der Waals surface area contributed by atoms with E-state index in [0.717, 1.165) is 4.47 Å². The van der Waals surface area contributed by atoms with Crippen LogP contribution in [0.4, 0.5) is 11.4 Å². The lowest BCUT2D eigenvalue weighted by atomic mass is 10.2. The van der Waals surface area contributed by atoms with E-state index >= 15 is 0 Å². The van der Waals surface area contributed by atoms with Crippen LogP contribution < -0.4 is 14.8 Å². The molecule has 28 heavy (non-hydrogen) atoms. The minimum absolute atomic E-state index is 0.0404. The highest BCUT2D eigenvalue weighted by molar-refractivity contribution is 9.10. The lowest BCUT2D eigenvalue weighted by Gasteiger charge is -2.12. The van der Waals surface area contributed by atoms with Crippen LogP contribution in [-0.4, -0.2) is 21.4 Å². The quantitative estimate of drug-likeness (QED) is 0.566. The lowest BCUT2D eigenvalue weighted by Crippen LogP contribution is -2.15. The van der Waals surface area contributed by atoms with Gasteiger partial charge in [-0.15, -0.1) is 0 Å². The van der Waals surface area contributed by atoms with Gasteiger partial charge in [0.05, 0.1) is 17.7 Å². The minimum Gasteiger partial charge on any atom is -0.495 e. The second-order valence-corrected chi connectivity index (χ2v) is 8.39. The number of hydrogen-bond acceptors (Lipinski definition) is 4. The van der Waals surface area contributed by atoms with Gasteiger partial charge in [0.1, 0.15) is 5.75 Å². The van der Waals surface area contributed by atoms with Crippen molar-refractivity contribution >= 4 is 43.2 Å². The Hall–Kier alpha value is -2.84. The van der Waals surface area contributed by atoms with Gasteiger partial charge in [0.15, 0.2) is 0 Å². The van der Waals surface area contributed by atoms with Crippen LogP contribution in [0.25, 0.3) is 0 Å². The molecule has 3 aromatic rings. The molecule has 0 spiro atoms. The zero-order chi connectivity index (χ0) is 20.1. The molecule has 0 heterocycles. The number of methoxy groups -OCH3 is 1. The monoisotopic (exact) mass is 460 g/mol. The highest BCUT2D eigenvalue weighted by atomic mass is 79.9. The molecule has 3 rings (SSSR count). The molecule has 0 aliphatic heterocycles. The van der Waals surface area contributed by atoms with Crippen molar-refractivity contribution in [3.05, 3.63) is 82.8 Å². The van der Waals surface area contributed by atoms with Gasteiger partial charge < -0.3 is 10.1 Å². The summed E-state index contributed by atoms with van der Waals surface area (Å²) in [5.41, 5.74) is 1.32. The summed E-state index contributed by atoms with van der Waals surface area (Å²) in [5, 5.41) is 2.76. The van der Waals surface area contributed by atoms with Crippen LogP contribution in [0.5, 0.6) is 5.75 Å². The number of carbonyl (C=O) groups excluding carboxylic acids is 1. The molecule has 8 heteroatoms. The van der Waals surface area contributed by atoms with Gasteiger partial charge in [0.25, 0.3) is 15.9 Å². The normalized spacial score (nSPS) is 10.9. The molecule has 0 aliphatic carbocycles. The summed E-state index contributed by atoms with van der Waals surface area (Å²) < 4.78 is 33.8. The zero-order valence-electron chi connectivity index (χ0n) is 14.8. The smallest absolute Gasteiger partial charge is 0.262 e. The van der Waals surface area contributed by atoms with E-state index in [1.807, 2.05) is 12.1 Å². The molecule has 0 saturated carbocycles. The van der Waals surface area contributed by atoms with Gasteiger partial charge in [0, 0.05) is 15.7 Å². The predicted octanol–water partition coefficient (Wildman–Crippen LogP) is 4.51. The number of nitrogens with one attached hydrogen (secondary N) is 2. The highest BCUT2D eigenvalue weighted by Gasteiger charge is 2.17. The average molecular weight is 461 g/mol. The Balaban J connectivity index is 1.75. The van der Waals surface area contributed by atoms with Crippen molar-refractivity contribution in [2.45, 2.75) is 4.90 Å². The van der Waals surface area contributed by atoms with Crippen LogP contribution in [0.15, 0.2) is 82.2 Å². The zero-order valence-corrected chi connectivity index (χ0v) is 17.2. The predicted molar refractivity (Wildman–Crippen MR) is 112 cm³/mol. The Morgan fingerprint density at radius 3 is 2.21 bits per heavy atom. The molecule has 6 nitrogen and oxygen atoms in total. The second-order valence-electron chi connectivity index (χ2n) is 5.79. The third-order valence-corrected chi connectivity index (χ3v) is 5.79. The molecule has 0 aliphatic rings. The van der Waals surface area contributed by atoms with Gasteiger partial charge in [-0.25, -0.2) is 8.42 Å². The van der Waals surface area contributed by atoms with Gasteiger partial charge in [-0.3, -0.25) is 9.52 Å². The van der Waals surface area contributed by atoms with Crippen LogP contribution in [0, 0.1) is 0 Å². The molecular formula is C20H17BrN2O4S. The third-order valence-electron chi connectivity index (χ3n) is 3.88. The SMILES string of the molecule is COc1ccccc1NS(=O)(=O)c1ccc(C(=O)Nc2ccc(Br)cc2)cc1. The first kappa shape index (κ1) is 19.9. The van der Waals surface area contributed by atoms with Crippen molar-refractivity contribution in [2.24, 2.45) is 0 Å². The maximum atomic E-state index is 12.6. The highest BCUT2D eigenvalue weighted by Crippen LogP contribution is 2.26. The van der Waals surface area contributed by atoms with Crippen molar-refractivity contribution in [3.8, 4) is 5.75 Å². The molecule has 0 bridgehead atoms. The van der Waals surface area contributed by atoms with Crippen LogP contribution >= 0.6 is 15.9 Å². The number of hydrogen-bond donors (Lipinski definition) is 2. The number of carbonyl (C=O) groups is 1. The minimum atomic E-state index is -3.82. The number of anilines is 2. The number of benzene rings is 3. The van der Waals surface area contributed by atoms with Crippen molar-refractivity contribution in [1.82, 2.24) is 0 Å². The fraction of sp³-hybridized carbons (Fsp3) is 0.0500. The molecule has 0 radical (unpaired) electrons. The maximum absolute atomic E-state index is 12.6. The summed E-state index contributed by atoms with van der Waals surface area (Å²) in [5.74, 6) is 0.0838. The van der Waals surface area contributed by atoms with E-state index < -0.39 is 10.0 Å². The maximum Gasteiger partial charge on any atom is 0.262 e. The van der Waals surface area contributed by atoms with E-state index in [2.05, 4.69) is 26.0 Å². The van der Waals surface area contributed by atoms with Crippen molar-refractivity contribution in [1.29, 1.82) is 0 Å². The van der Waals surface area contributed by atoms with Gasteiger partial charge in [-0.2, -0.15) is 0 Å². The fourth-order valence-corrected chi connectivity index (χ4v) is 3.79. The summed E-state index contributed by atoms with van der Waals surface area (Å²) in [6.45, 7) is 0. The Morgan fingerprint density at radius 2 is 1.57 bits per heavy atom. The molecule has 1 amide bonds. The number of sulfonamides is 1. The molecule has 144 valence electrons. The Bertz CT molecular complexity index is 1080. The lowest BCUT2D eigenvalue weighted by molar-refractivity contribution is 0.102. The van der Waals surface area contributed by atoms with Crippen molar-refractivity contribution in [2.75, 3.05) is 17.1 Å². The summed E-state index contributed by atoms with van der Waals surface area (Å²) in [6, 6.07) is 19.6. The Kier molecular flexibility index (Phi) is 6.01. The van der Waals surface area contributed by atoms with E-state index in [0.29, 0.717) is 22.7 Å². The van der Waals surface area contributed by atoms with Crippen molar-refractivity contribution in [3.63, 3.8) is 0 Å².